The molecule has 0 aromatic heterocycles. The molecule has 5 heteroatoms. The number of hydrogen-bond donors (Lipinski definition) is 4. The Bertz CT molecular complexity index is 792. The van der Waals surface area contributed by atoms with Crippen LogP contribution < -0.4 is 21.7 Å². The number of benzene rings is 2. The molecule has 0 aliphatic heterocycles. The van der Waals surface area contributed by atoms with E-state index in [1.165, 1.54) is 34.7 Å². The van der Waals surface area contributed by atoms with Gasteiger partial charge in [-0.3, -0.25) is 4.79 Å². The average Bonchev–Trinajstić information content (AvgIpc) is 3.40. The summed E-state index contributed by atoms with van der Waals surface area (Å²) in [7, 11) is 0. The molecule has 2 unspecified atom stereocenters. The maximum Gasteiger partial charge on any atom is 0.224 e. The van der Waals surface area contributed by atoms with E-state index >= 15 is 0 Å². The third-order valence-electron chi connectivity index (χ3n) is 6.35. The van der Waals surface area contributed by atoms with E-state index in [0.29, 0.717) is 11.8 Å². The number of fused-ring (bicyclic) bond motifs is 3. The number of carbonyl (C=O) groups excluding carboxylic acids is 1. The number of amides is 1. The van der Waals surface area contributed by atoms with Crippen molar-refractivity contribution in [2.75, 3.05) is 39.3 Å². The first kappa shape index (κ1) is 20.3. The number of nitrogens with two attached hydrogens (primary N) is 1. The van der Waals surface area contributed by atoms with Crippen molar-refractivity contribution in [1.82, 2.24) is 16.0 Å². The average molecular weight is 395 g/mol. The van der Waals surface area contributed by atoms with Gasteiger partial charge in [0, 0.05) is 18.4 Å². The Morgan fingerprint density at radius 2 is 1.38 bits per heavy atom. The van der Waals surface area contributed by atoms with Gasteiger partial charge < -0.3 is 21.7 Å². The highest BCUT2D eigenvalue weighted by atomic mass is 16.2. The first-order valence-electron chi connectivity index (χ1n) is 11.2. The highest BCUT2D eigenvalue weighted by Crippen LogP contribution is 2.67. The molecular formula is C24H34N4O. The Kier molecular flexibility index (Phi) is 6.80. The minimum Gasteiger partial charge on any atom is -0.356 e. The lowest BCUT2D eigenvalue weighted by molar-refractivity contribution is -0.122. The zero-order chi connectivity index (χ0) is 20.1. The predicted molar refractivity (Wildman–Crippen MR) is 119 cm³/mol. The summed E-state index contributed by atoms with van der Waals surface area (Å²) in [4.78, 5) is 12.7. The second-order valence-electron chi connectivity index (χ2n) is 8.36. The van der Waals surface area contributed by atoms with E-state index in [1.54, 1.807) is 0 Å². The number of unbranched alkanes of at least 4 members (excludes halogenated alkanes) is 1. The molecule has 1 saturated carbocycles. The van der Waals surface area contributed by atoms with Gasteiger partial charge >= 0.3 is 0 Å². The van der Waals surface area contributed by atoms with Crippen LogP contribution in [0.4, 0.5) is 0 Å². The Balaban J connectivity index is 1.09. The van der Waals surface area contributed by atoms with Crippen LogP contribution in [0.15, 0.2) is 36.4 Å². The second kappa shape index (κ2) is 9.70. The van der Waals surface area contributed by atoms with Gasteiger partial charge in [0.2, 0.25) is 5.91 Å². The van der Waals surface area contributed by atoms with E-state index in [4.69, 9.17) is 5.73 Å². The third-order valence-corrected chi connectivity index (χ3v) is 6.35. The molecule has 0 heterocycles. The van der Waals surface area contributed by atoms with E-state index in [0.717, 1.165) is 52.1 Å². The Labute approximate surface area is 173 Å². The zero-order valence-corrected chi connectivity index (χ0v) is 17.3. The summed E-state index contributed by atoms with van der Waals surface area (Å²) in [6.07, 6.45) is 4.40. The Morgan fingerprint density at radius 1 is 0.793 bits per heavy atom. The van der Waals surface area contributed by atoms with Gasteiger partial charge in [-0.05, 0) is 80.3 Å². The van der Waals surface area contributed by atoms with Gasteiger partial charge in [-0.25, -0.2) is 0 Å². The van der Waals surface area contributed by atoms with Crippen LogP contribution in [0.3, 0.4) is 0 Å². The maximum atomic E-state index is 12.7. The first-order valence-corrected chi connectivity index (χ1v) is 11.2. The molecule has 5 nitrogen and oxygen atoms in total. The quantitative estimate of drug-likeness (QED) is 0.394. The van der Waals surface area contributed by atoms with Crippen LogP contribution in [-0.4, -0.2) is 45.2 Å². The molecule has 0 saturated heterocycles. The van der Waals surface area contributed by atoms with E-state index in [2.05, 4.69) is 52.3 Å². The Hall–Kier alpha value is -1.95. The van der Waals surface area contributed by atoms with Gasteiger partial charge in [0.1, 0.15) is 0 Å². The third kappa shape index (κ3) is 4.47. The van der Waals surface area contributed by atoms with Crippen molar-refractivity contribution in [2.45, 2.75) is 37.5 Å². The van der Waals surface area contributed by atoms with Crippen molar-refractivity contribution in [2.24, 2.45) is 11.7 Å². The van der Waals surface area contributed by atoms with Crippen LogP contribution in [0.5, 0.6) is 0 Å². The second-order valence-corrected chi connectivity index (χ2v) is 8.36. The van der Waals surface area contributed by atoms with E-state index in [1.807, 2.05) is 0 Å². The van der Waals surface area contributed by atoms with E-state index in [-0.39, 0.29) is 11.8 Å². The molecule has 0 radical (unpaired) electrons. The van der Waals surface area contributed by atoms with Gasteiger partial charge in [0.25, 0.3) is 0 Å². The first-order chi connectivity index (χ1) is 14.3. The molecule has 2 aliphatic rings. The fraction of sp³-hybridized carbons (Fsp3) is 0.542. The predicted octanol–water partition coefficient (Wildman–Crippen LogP) is 2.46. The highest BCUT2D eigenvalue weighted by Gasteiger charge is 2.60. The smallest absolute Gasteiger partial charge is 0.224 e. The fourth-order valence-corrected chi connectivity index (χ4v) is 4.89. The highest BCUT2D eigenvalue weighted by molar-refractivity contribution is 5.98. The summed E-state index contributed by atoms with van der Waals surface area (Å²) < 4.78 is 0. The van der Waals surface area contributed by atoms with Gasteiger partial charge in [-0.1, -0.05) is 36.4 Å². The molecule has 0 spiro atoms. The summed E-state index contributed by atoms with van der Waals surface area (Å²) in [6, 6.07) is 13.0. The maximum absolute atomic E-state index is 12.7. The van der Waals surface area contributed by atoms with Crippen molar-refractivity contribution in [3.8, 4) is 0 Å². The molecule has 1 fully saturated rings. The molecule has 156 valence electrons. The summed E-state index contributed by atoms with van der Waals surface area (Å²) in [5.74, 6) is 1.16. The monoisotopic (exact) mass is 394 g/mol. The van der Waals surface area contributed by atoms with Crippen molar-refractivity contribution in [1.29, 1.82) is 0 Å². The van der Waals surface area contributed by atoms with E-state index < -0.39 is 0 Å². The van der Waals surface area contributed by atoms with Gasteiger partial charge in [-0.15, -0.1) is 0 Å². The van der Waals surface area contributed by atoms with Crippen LogP contribution in [-0.2, 0) is 4.79 Å². The molecule has 2 atom stereocenters. The molecule has 5 N–H and O–H groups in total. The molecule has 2 aliphatic carbocycles. The molecule has 1 amide bonds. The topological polar surface area (TPSA) is 79.2 Å². The van der Waals surface area contributed by atoms with Gasteiger partial charge in [-0.2, -0.15) is 0 Å². The fourth-order valence-electron chi connectivity index (χ4n) is 4.89. The van der Waals surface area contributed by atoms with Gasteiger partial charge in [0.05, 0.1) is 5.92 Å². The standard InChI is InChI=1S/C24H34N4O/c25-11-5-14-26-12-1-2-13-27-15-6-16-28-24(29)23-21-18-9-3-7-17-8-4-10-19(20(17)18)22(21)23/h3-4,7-10,21-23,26-27H,1-2,5-6,11-16,25H2,(H,28,29). The van der Waals surface area contributed by atoms with Crippen LogP contribution in [0.1, 0.15) is 48.6 Å². The SMILES string of the molecule is NCCCNCCCCNCCCNC(=O)C1C2c3cccc4cccc(c34)C12. The van der Waals surface area contributed by atoms with Gasteiger partial charge in [0.15, 0.2) is 0 Å². The normalized spacial score (nSPS) is 21.3. The van der Waals surface area contributed by atoms with Crippen LogP contribution in [0.25, 0.3) is 10.8 Å². The van der Waals surface area contributed by atoms with E-state index in [9.17, 15) is 4.79 Å². The summed E-state index contributed by atoms with van der Waals surface area (Å²) in [5.41, 5.74) is 8.22. The van der Waals surface area contributed by atoms with Crippen LogP contribution in [0, 0.1) is 5.92 Å². The minimum atomic E-state index is 0.134. The lowest BCUT2D eigenvalue weighted by atomic mass is 9.98. The summed E-state index contributed by atoms with van der Waals surface area (Å²) >= 11 is 0. The number of hydrogen-bond acceptors (Lipinski definition) is 4. The van der Waals surface area contributed by atoms with Crippen molar-refractivity contribution in [3.05, 3.63) is 47.5 Å². The lowest BCUT2D eigenvalue weighted by Crippen LogP contribution is -2.29. The molecule has 4 rings (SSSR count). The molecule has 29 heavy (non-hydrogen) atoms. The molecule has 0 bridgehead atoms. The van der Waals surface area contributed by atoms with Crippen molar-refractivity contribution in [3.63, 3.8) is 0 Å². The molecule has 2 aromatic rings. The Morgan fingerprint density at radius 3 is 2.00 bits per heavy atom. The summed E-state index contributed by atoms with van der Waals surface area (Å²) in [5, 5.41) is 12.7. The summed E-state index contributed by atoms with van der Waals surface area (Å²) in [6.45, 7) is 5.61. The minimum absolute atomic E-state index is 0.134. The van der Waals surface area contributed by atoms with Crippen LogP contribution in [0.2, 0.25) is 0 Å². The molecule has 2 aromatic carbocycles. The number of nitrogens with one attached hydrogen (secondary N) is 3. The largest absolute Gasteiger partial charge is 0.356 e. The number of rotatable bonds is 13. The zero-order valence-electron chi connectivity index (χ0n) is 17.3. The molecular weight excluding hydrogens is 360 g/mol. The lowest BCUT2D eigenvalue weighted by Gasteiger charge is -2.10. The van der Waals surface area contributed by atoms with Crippen molar-refractivity contribution < 1.29 is 4.79 Å². The number of carbonyl (C=O) groups is 1. The van der Waals surface area contributed by atoms with Crippen LogP contribution >= 0.6 is 0 Å². The van der Waals surface area contributed by atoms with Crippen molar-refractivity contribution >= 4 is 16.7 Å².